The quantitative estimate of drug-likeness (QED) is 0.423. The van der Waals surface area contributed by atoms with E-state index < -0.39 is 0 Å². The molecule has 0 saturated carbocycles. The van der Waals surface area contributed by atoms with E-state index in [0.717, 1.165) is 0 Å². The molecule has 1 N–H and O–H groups in total. The van der Waals surface area contributed by atoms with Crippen LogP contribution in [-0.2, 0) is 0 Å². The van der Waals surface area contributed by atoms with Crippen LogP contribution in [0.2, 0.25) is 0 Å². The van der Waals surface area contributed by atoms with Gasteiger partial charge in [0.2, 0.25) is 7.98 Å². The van der Waals surface area contributed by atoms with Gasteiger partial charge in [-0.25, -0.2) is 0 Å². The van der Waals surface area contributed by atoms with Crippen LogP contribution < -0.4 is 5.23 Å². The highest BCUT2D eigenvalue weighted by Gasteiger charge is 1.85. The minimum atomic E-state index is 0.00926. The average Bonchev–Trinajstić information content (AvgIpc) is 1.65. The van der Waals surface area contributed by atoms with Crippen molar-refractivity contribution in [2.45, 2.75) is 0 Å². The summed E-state index contributed by atoms with van der Waals surface area (Å²) in [5, 5.41) is 2.45. The zero-order valence-corrected chi connectivity index (χ0v) is 4.63. The summed E-state index contributed by atoms with van der Waals surface area (Å²) in [5.74, 6) is 0. The van der Waals surface area contributed by atoms with Crippen molar-refractivity contribution in [1.82, 2.24) is 5.23 Å². The normalized spacial score (nSPS) is 7.50. The van der Waals surface area contributed by atoms with Gasteiger partial charge in [0.1, 0.15) is 0 Å². The Morgan fingerprint density at radius 2 is 2.50 bits per heavy atom. The van der Waals surface area contributed by atoms with Gasteiger partial charge in [0.15, 0.2) is 0 Å². The van der Waals surface area contributed by atoms with Crippen LogP contribution in [-0.4, -0.2) is 19.5 Å². The van der Waals surface area contributed by atoms with Crippen LogP contribution in [0.4, 0.5) is 4.79 Å². The second kappa shape index (κ2) is 3.09. The molecule has 1 amide bonds. The molecule has 0 unspecified atom stereocenters. The minimum Gasteiger partial charge on any atom is -0.397 e. The first-order valence-electron chi connectivity index (χ1n) is 1.57. The van der Waals surface area contributed by atoms with E-state index in [1.54, 1.807) is 14.2 Å². The monoisotopic (exact) mass is 103 g/mol. The molecule has 0 aliphatic heterocycles. The zero-order valence-electron chi connectivity index (χ0n) is 3.82. The Morgan fingerprint density at radius 1 is 2.00 bits per heavy atom. The molecule has 0 aromatic rings. The minimum absolute atomic E-state index is 0.00926. The number of carbonyl (C=O) groups excluding carboxylic acids is 1. The molecule has 0 bridgehead atoms. The van der Waals surface area contributed by atoms with Crippen molar-refractivity contribution in [3.63, 3.8) is 0 Å². The predicted molar refractivity (Wildman–Crippen MR) is 30.6 cm³/mol. The lowest BCUT2D eigenvalue weighted by atomic mass is 10.5. The average molecular weight is 103 g/mol. The molecule has 34 valence electrons. The molecule has 6 heavy (non-hydrogen) atoms. The fourth-order valence-corrected chi connectivity index (χ4v) is 0.306. The smallest absolute Gasteiger partial charge is 0.266 e. The summed E-state index contributed by atoms with van der Waals surface area (Å²) in [7, 11) is 1.61. The highest BCUT2D eigenvalue weighted by Crippen LogP contribution is 1.88. The second-order valence-corrected chi connectivity index (χ2v) is 1.52. The summed E-state index contributed by atoms with van der Waals surface area (Å²) in [6.07, 6.45) is 1.73. The van der Waals surface area contributed by atoms with Crippen LogP contribution >= 0.6 is 11.8 Å². The third-order valence-corrected chi connectivity index (χ3v) is 0.964. The van der Waals surface area contributed by atoms with E-state index >= 15 is 0 Å². The number of nitrogens with one attached hydrogen (secondary N) is 1. The van der Waals surface area contributed by atoms with Gasteiger partial charge in [-0.15, -0.1) is 0 Å². The number of hydrogen-bond acceptors (Lipinski definition) is 2. The fraction of sp³-hybridized carbons (Fsp3) is 0.500. The summed E-state index contributed by atoms with van der Waals surface area (Å²) in [4.78, 5) is 10.0. The number of carbonyl (C=O) groups is 1. The van der Waals surface area contributed by atoms with E-state index in [1.807, 2.05) is 0 Å². The first-order valence-corrected chi connectivity index (χ1v) is 2.79. The molecule has 0 aromatic heterocycles. The topological polar surface area (TPSA) is 29.1 Å². The third kappa shape index (κ3) is 2.14. The van der Waals surface area contributed by atoms with Crippen molar-refractivity contribution < 1.29 is 4.79 Å². The zero-order chi connectivity index (χ0) is 4.99. The van der Waals surface area contributed by atoms with Crippen LogP contribution in [0.15, 0.2) is 0 Å². The Morgan fingerprint density at radius 3 is 2.50 bits per heavy atom. The van der Waals surface area contributed by atoms with E-state index in [0.29, 0.717) is 0 Å². The maximum absolute atomic E-state index is 10.0. The predicted octanol–water partition coefficient (Wildman–Crippen LogP) is -0.393. The van der Waals surface area contributed by atoms with Gasteiger partial charge in [0.25, 0.3) is 5.24 Å². The number of hydrogen-bond donors (Lipinski definition) is 1. The van der Waals surface area contributed by atoms with Crippen molar-refractivity contribution in [3.05, 3.63) is 0 Å². The Bertz CT molecular complexity index is 51.5. The van der Waals surface area contributed by atoms with Gasteiger partial charge in [0.05, 0.1) is 0 Å². The van der Waals surface area contributed by atoms with E-state index in [1.165, 1.54) is 11.8 Å². The van der Waals surface area contributed by atoms with E-state index in [2.05, 4.69) is 5.23 Å². The molecule has 0 aliphatic rings. The van der Waals surface area contributed by atoms with Gasteiger partial charge in [-0.1, -0.05) is 11.8 Å². The third-order valence-electron chi connectivity index (χ3n) is 0.390. The molecule has 0 saturated heterocycles. The number of thioether (sulfide) groups is 1. The first-order chi connectivity index (χ1) is 2.81. The molecule has 0 radical (unpaired) electrons. The second-order valence-electron chi connectivity index (χ2n) is 0.742. The van der Waals surface area contributed by atoms with Crippen molar-refractivity contribution in [2.24, 2.45) is 0 Å². The highest BCUT2D eigenvalue weighted by molar-refractivity contribution is 8.13. The van der Waals surface area contributed by atoms with Crippen molar-refractivity contribution >= 4 is 25.0 Å². The summed E-state index contributed by atoms with van der Waals surface area (Å²) in [5.41, 5.74) is 0. The molecule has 0 aromatic carbocycles. The summed E-state index contributed by atoms with van der Waals surface area (Å²) < 4.78 is 0. The van der Waals surface area contributed by atoms with Crippen LogP contribution in [0.1, 0.15) is 0 Å². The lowest BCUT2D eigenvalue weighted by molar-refractivity contribution is 0.265. The Kier molecular flexibility index (Phi) is 3.03. The van der Waals surface area contributed by atoms with E-state index in [-0.39, 0.29) is 5.24 Å². The van der Waals surface area contributed by atoms with Gasteiger partial charge < -0.3 is 5.23 Å². The lowest BCUT2D eigenvalue weighted by Crippen LogP contribution is -2.12. The van der Waals surface area contributed by atoms with Gasteiger partial charge >= 0.3 is 0 Å². The Balaban J connectivity index is 2.99. The molecule has 0 atom stereocenters. The SMILES string of the molecule is BNC(=O)SC. The summed E-state index contributed by atoms with van der Waals surface area (Å²) in [6, 6.07) is 0. The van der Waals surface area contributed by atoms with Crippen LogP contribution in [0, 0.1) is 0 Å². The van der Waals surface area contributed by atoms with Gasteiger partial charge in [-0.3, -0.25) is 4.79 Å². The van der Waals surface area contributed by atoms with Crippen LogP contribution in [0.5, 0.6) is 0 Å². The molecule has 0 rings (SSSR count). The van der Waals surface area contributed by atoms with Crippen molar-refractivity contribution in [2.75, 3.05) is 6.26 Å². The number of rotatable bonds is 0. The van der Waals surface area contributed by atoms with Gasteiger partial charge in [0, 0.05) is 0 Å². The molecule has 4 heteroatoms. The van der Waals surface area contributed by atoms with Crippen LogP contribution in [0.3, 0.4) is 0 Å². The maximum atomic E-state index is 10.0. The summed E-state index contributed by atoms with van der Waals surface area (Å²) in [6.45, 7) is 0. The Labute approximate surface area is 42.1 Å². The fourth-order valence-electron chi connectivity index (χ4n) is 0.102. The summed E-state index contributed by atoms with van der Waals surface area (Å²) >= 11 is 1.17. The number of amides is 1. The lowest BCUT2D eigenvalue weighted by Gasteiger charge is -1.86. The highest BCUT2D eigenvalue weighted by atomic mass is 32.2. The van der Waals surface area contributed by atoms with Gasteiger partial charge in [-0.05, 0) is 6.26 Å². The molecule has 2 nitrogen and oxygen atoms in total. The molecule has 0 fully saturated rings. The van der Waals surface area contributed by atoms with Gasteiger partial charge in [-0.2, -0.15) is 0 Å². The molecule has 0 spiro atoms. The molecule has 0 aliphatic carbocycles. The molecule has 0 heterocycles. The molecular weight excluding hydrogens is 96.9 g/mol. The van der Waals surface area contributed by atoms with Crippen molar-refractivity contribution in [3.8, 4) is 0 Å². The van der Waals surface area contributed by atoms with E-state index in [9.17, 15) is 4.79 Å². The largest absolute Gasteiger partial charge is 0.397 e. The standard InChI is InChI=1S/C2H6BNOS/c1-6-2(5)4-3/h3H2,1H3,(H,4,5). The maximum Gasteiger partial charge on any atom is 0.266 e. The molecular formula is C2H6BNOS. The first kappa shape index (κ1) is 5.88. The van der Waals surface area contributed by atoms with Crippen molar-refractivity contribution in [1.29, 1.82) is 0 Å². The van der Waals surface area contributed by atoms with Crippen LogP contribution in [0.25, 0.3) is 0 Å². The Hall–Kier alpha value is -0.115. The van der Waals surface area contributed by atoms with E-state index in [4.69, 9.17) is 0 Å².